The van der Waals surface area contributed by atoms with Gasteiger partial charge in [0.25, 0.3) is 0 Å². The van der Waals surface area contributed by atoms with Gasteiger partial charge in [-0.25, -0.2) is 0 Å². The summed E-state index contributed by atoms with van der Waals surface area (Å²) in [7, 11) is 0. The highest BCUT2D eigenvalue weighted by molar-refractivity contribution is 6.20. The summed E-state index contributed by atoms with van der Waals surface area (Å²) in [5, 5.41) is 9.40. The van der Waals surface area contributed by atoms with Crippen LogP contribution in [0.4, 0.5) is 0 Å². The maximum atomic E-state index is 9.39. The van der Waals surface area contributed by atoms with E-state index in [4.69, 9.17) is 11.6 Å². The Labute approximate surface area is 78.0 Å². The van der Waals surface area contributed by atoms with Gasteiger partial charge < -0.3 is 5.11 Å². The first-order valence-electron chi connectivity index (χ1n) is 4.09. The van der Waals surface area contributed by atoms with Crippen molar-refractivity contribution >= 4 is 11.6 Å². The van der Waals surface area contributed by atoms with E-state index >= 15 is 0 Å². The molecular weight excluding hydrogens is 172 g/mol. The van der Waals surface area contributed by atoms with Crippen LogP contribution in [0.3, 0.4) is 0 Å². The molecule has 0 aromatic heterocycles. The molecule has 0 aliphatic carbocycles. The number of benzene rings is 1. The lowest BCUT2D eigenvalue weighted by molar-refractivity contribution is 0.470. The zero-order chi connectivity index (χ0) is 9.14. The van der Waals surface area contributed by atoms with E-state index in [0.29, 0.717) is 5.75 Å². The molecule has 0 radical (unpaired) electrons. The van der Waals surface area contributed by atoms with Crippen LogP contribution in [0.5, 0.6) is 5.75 Å². The first-order valence-corrected chi connectivity index (χ1v) is 4.53. The molecule has 0 amide bonds. The molecule has 0 fully saturated rings. The quantitative estimate of drug-likeness (QED) is 0.699. The number of hydrogen-bond acceptors (Lipinski definition) is 1. The van der Waals surface area contributed by atoms with Gasteiger partial charge in [-0.2, -0.15) is 0 Å². The average Bonchev–Trinajstić information content (AvgIpc) is 2.08. The number of alkyl halides is 1. The van der Waals surface area contributed by atoms with E-state index < -0.39 is 0 Å². The number of phenolic OH excluding ortho intramolecular Hbond substituents is 1. The smallest absolute Gasteiger partial charge is 0.118 e. The average molecular weight is 185 g/mol. The minimum absolute atomic E-state index is 0.0112. The van der Waals surface area contributed by atoms with Crippen molar-refractivity contribution in [2.45, 2.75) is 25.6 Å². The van der Waals surface area contributed by atoms with Crippen LogP contribution in [0.2, 0.25) is 0 Å². The van der Waals surface area contributed by atoms with Crippen LogP contribution < -0.4 is 0 Å². The normalized spacial score (nSPS) is 12.9. The van der Waals surface area contributed by atoms with Crippen LogP contribution in [0.1, 0.15) is 29.8 Å². The van der Waals surface area contributed by atoms with Gasteiger partial charge in [0.2, 0.25) is 0 Å². The van der Waals surface area contributed by atoms with Gasteiger partial charge in [0.05, 0.1) is 5.38 Å². The van der Waals surface area contributed by atoms with E-state index in [1.54, 1.807) is 6.07 Å². The van der Waals surface area contributed by atoms with Crippen molar-refractivity contribution in [1.82, 2.24) is 0 Å². The van der Waals surface area contributed by atoms with Crippen molar-refractivity contribution in [2.75, 3.05) is 0 Å². The second kappa shape index (κ2) is 3.81. The molecular formula is C10H13ClO. The molecule has 1 aromatic carbocycles. The van der Waals surface area contributed by atoms with Crippen LogP contribution in [0, 0.1) is 6.92 Å². The molecule has 1 N–H and O–H groups in total. The van der Waals surface area contributed by atoms with Gasteiger partial charge in [-0.1, -0.05) is 19.1 Å². The molecule has 0 aliphatic rings. The van der Waals surface area contributed by atoms with E-state index in [-0.39, 0.29) is 5.38 Å². The van der Waals surface area contributed by atoms with Crippen molar-refractivity contribution in [1.29, 1.82) is 0 Å². The zero-order valence-corrected chi connectivity index (χ0v) is 8.10. The van der Waals surface area contributed by atoms with Gasteiger partial charge in [-0.3, -0.25) is 0 Å². The molecule has 66 valence electrons. The SMILES string of the molecule is CCC(Cl)c1cccc(O)c1C. The van der Waals surface area contributed by atoms with Gasteiger partial charge in [0.1, 0.15) is 5.75 Å². The molecule has 0 spiro atoms. The number of rotatable bonds is 2. The minimum atomic E-state index is 0.0112. The minimum Gasteiger partial charge on any atom is -0.508 e. The maximum Gasteiger partial charge on any atom is 0.118 e. The Balaban J connectivity index is 3.07. The van der Waals surface area contributed by atoms with Crippen LogP contribution >= 0.6 is 11.6 Å². The molecule has 0 saturated heterocycles. The van der Waals surface area contributed by atoms with Crippen LogP contribution in [-0.2, 0) is 0 Å². The highest BCUT2D eigenvalue weighted by Crippen LogP contribution is 2.30. The van der Waals surface area contributed by atoms with Gasteiger partial charge in [0, 0.05) is 0 Å². The predicted octanol–water partition coefficient (Wildman–Crippen LogP) is 3.39. The van der Waals surface area contributed by atoms with Crippen molar-refractivity contribution in [3.63, 3.8) is 0 Å². The second-order valence-electron chi connectivity index (χ2n) is 2.87. The Hall–Kier alpha value is -0.690. The highest BCUT2D eigenvalue weighted by atomic mass is 35.5. The fourth-order valence-corrected chi connectivity index (χ4v) is 1.44. The standard InChI is InChI=1S/C10H13ClO/c1-3-9(11)8-5-4-6-10(12)7(8)2/h4-6,9,12H,3H2,1-2H3. The topological polar surface area (TPSA) is 20.2 Å². The third-order valence-corrected chi connectivity index (χ3v) is 2.59. The summed E-state index contributed by atoms with van der Waals surface area (Å²) in [6.45, 7) is 3.91. The maximum absolute atomic E-state index is 9.39. The van der Waals surface area contributed by atoms with E-state index in [0.717, 1.165) is 17.5 Å². The molecule has 1 rings (SSSR count). The largest absolute Gasteiger partial charge is 0.508 e. The van der Waals surface area contributed by atoms with E-state index in [9.17, 15) is 5.11 Å². The van der Waals surface area contributed by atoms with Crippen LogP contribution in [0.15, 0.2) is 18.2 Å². The van der Waals surface area contributed by atoms with Gasteiger partial charge >= 0.3 is 0 Å². The van der Waals surface area contributed by atoms with E-state index in [1.165, 1.54) is 0 Å². The Kier molecular flexibility index (Phi) is 2.99. The lowest BCUT2D eigenvalue weighted by Gasteiger charge is -2.10. The molecule has 12 heavy (non-hydrogen) atoms. The molecule has 1 nitrogen and oxygen atoms in total. The Bertz CT molecular complexity index is 271. The number of halogens is 1. The van der Waals surface area contributed by atoms with Crippen molar-refractivity contribution in [3.05, 3.63) is 29.3 Å². The third kappa shape index (κ3) is 1.72. The Morgan fingerprint density at radius 2 is 2.17 bits per heavy atom. The Morgan fingerprint density at radius 3 is 2.75 bits per heavy atom. The number of hydrogen-bond donors (Lipinski definition) is 1. The van der Waals surface area contributed by atoms with Crippen molar-refractivity contribution in [2.24, 2.45) is 0 Å². The van der Waals surface area contributed by atoms with Crippen LogP contribution in [0.25, 0.3) is 0 Å². The monoisotopic (exact) mass is 184 g/mol. The van der Waals surface area contributed by atoms with Crippen molar-refractivity contribution in [3.8, 4) is 5.75 Å². The summed E-state index contributed by atoms with van der Waals surface area (Å²) >= 11 is 6.06. The van der Waals surface area contributed by atoms with Crippen LogP contribution in [-0.4, -0.2) is 5.11 Å². The first kappa shape index (κ1) is 9.40. The summed E-state index contributed by atoms with van der Waals surface area (Å²) in [6.07, 6.45) is 0.881. The van der Waals surface area contributed by atoms with Gasteiger partial charge in [-0.15, -0.1) is 11.6 Å². The molecule has 1 atom stereocenters. The molecule has 0 heterocycles. The molecule has 2 heteroatoms. The fraction of sp³-hybridized carbons (Fsp3) is 0.400. The second-order valence-corrected chi connectivity index (χ2v) is 3.39. The summed E-state index contributed by atoms with van der Waals surface area (Å²) in [5.41, 5.74) is 1.92. The summed E-state index contributed by atoms with van der Waals surface area (Å²) < 4.78 is 0. The Morgan fingerprint density at radius 1 is 1.50 bits per heavy atom. The molecule has 1 unspecified atom stereocenters. The fourth-order valence-electron chi connectivity index (χ4n) is 1.20. The summed E-state index contributed by atoms with van der Waals surface area (Å²) in [4.78, 5) is 0. The van der Waals surface area contributed by atoms with E-state index in [2.05, 4.69) is 0 Å². The van der Waals surface area contributed by atoms with Gasteiger partial charge in [-0.05, 0) is 30.5 Å². The zero-order valence-electron chi connectivity index (χ0n) is 7.34. The third-order valence-electron chi connectivity index (χ3n) is 2.04. The lowest BCUT2D eigenvalue weighted by atomic mass is 10.0. The van der Waals surface area contributed by atoms with Gasteiger partial charge in [0.15, 0.2) is 0 Å². The lowest BCUT2D eigenvalue weighted by Crippen LogP contribution is -1.92. The summed E-state index contributed by atoms with van der Waals surface area (Å²) in [6, 6.07) is 5.46. The molecule has 0 saturated carbocycles. The number of aromatic hydroxyl groups is 1. The van der Waals surface area contributed by atoms with Crippen molar-refractivity contribution < 1.29 is 5.11 Å². The first-order chi connectivity index (χ1) is 5.66. The molecule has 0 bridgehead atoms. The summed E-state index contributed by atoms with van der Waals surface area (Å²) in [5.74, 6) is 0.326. The highest BCUT2D eigenvalue weighted by Gasteiger charge is 2.09. The molecule has 0 aliphatic heterocycles. The molecule has 1 aromatic rings. The predicted molar refractivity (Wildman–Crippen MR) is 51.7 cm³/mol. The van der Waals surface area contributed by atoms with E-state index in [1.807, 2.05) is 26.0 Å². The number of phenols is 1.